The lowest BCUT2D eigenvalue weighted by molar-refractivity contribution is 0.142. The molecule has 0 radical (unpaired) electrons. The van der Waals surface area contributed by atoms with Gasteiger partial charge in [0.1, 0.15) is 6.61 Å². The summed E-state index contributed by atoms with van der Waals surface area (Å²) in [4.78, 5) is 15.2. The van der Waals surface area contributed by atoms with E-state index in [1.54, 1.807) is 0 Å². The number of carbonyl (C=O) groups is 1. The molecule has 0 aliphatic carbocycles. The van der Waals surface area contributed by atoms with Gasteiger partial charge in [-0.05, 0) is 59.9 Å². The van der Waals surface area contributed by atoms with Gasteiger partial charge >= 0.3 is 6.09 Å². The van der Waals surface area contributed by atoms with Gasteiger partial charge in [0.15, 0.2) is 0 Å². The molecule has 0 saturated heterocycles. The number of carbonyl (C=O) groups excluding carboxylic acids is 1. The van der Waals surface area contributed by atoms with Crippen LogP contribution in [-0.4, -0.2) is 12.1 Å². The number of nitrogens with zero attached hydrogens (tertiary/aromatic N) is 1. The fourth-order valence-electron chi connectivity index (χ4n) is 4.03. The summed E-state index contributed by atoms with van der Waals surface area (Å²) in [6, 6.07) is 14.4. The van der Waals surface area contributed by atoms with Crippen molar-refractivity contribution in [1.29, 1.82) is 0 Å². The topological polar surface area (TPSA) is 29.5 Å². The first-order valence-electron chi connectivity index (χ1n) is 10.2. The van der Waals surface area contributed by atoms with Crippen molar-refractivity contribution in [3.8, 4) is 0 Å². The first kappa shape index (κ1) is 20.9. The van der Waals surface area contributed by atoms with Crippen LogP contribution in [0.25, 0.3) is 0 Å². The molecular formula is C24H30BrNO2. The van der Waals surface area contributed by atoms with Gasteiger partial charge in [-0.1, -0.05) is 74.0 Å². The summed E-state index contributed by atoms with van der Waals surface area (Å²) in [6.45, 7) is 9.10. The Labute approximate surface area is 177 Å². The number of anilines is 1. The molecule has 4 heteroatoms. The highest BCUT2D eigenvalue weighted by Crippen LogP contribution is 2.41. The first-order valence-corrected chi connectivity index (χ1v) is 11.0. The predicted octanol–water partition coefficient (Wildman–Crippen LogP) is 7.08. The fourth-order valence-corrected chi connectivity index (χ4v) is 4.56. The number of rotatable bonds is 5. The van der Waals surface area contributed by atoms with E-state index in [0.717, 1.165) is 35.0 Å². The van der Waals surface area contributed by atoms with Crippen LogP contribution in [0, 0.1) is 5.92 Å². The van der Waals surface area contributed by atoms with E-state index in [-0.39, 0.29) is 12.1 Å². The van der Waals surface area contributed by atoms with E-state index in [2.05, 4.69) is 55.8 Å². The molecule has 0 spiro atoms. The summed E-state index contributed by atoms with van der Waals surface area (Å²) in [5.41, 5.74) is 4.51. The Bertz CT molecular complexity index is 817. The molecule has 1 heterocycles. The summed E-state index contributed by atoms with van der Waals surface area (Å²) in [5, 5.41) is 0. The number of ether oxygens (including phenoxy) is 1. The van der Waals surface area contributed by atoms with Crippen molar-refractivity contribution in [1.82, 2.24) is 0 Å². The van der Waals surface area contributed by atoms with Gasteiger partial charge < -0.3 is 4.74 Å². The zero-order valence-electron chi connectivity index (χ0n) is 17.2. The normalized spacial score (nSPS) is 16.4. The fraction of sp³-hybridized carbons (Fsp3) is 0.458. The van der Waals surface area contributed by atoms with E-state index < -0.39 is 0 Å². The van der Waals surface area contributed by atoms with E-state index in [1.165, 1.54) is 11.1 Å². The van der Waals surface area contributed by atoms with Crippen LogP contribution in [0.15, 0.2) is 46.9 Å². The van der Waals surface area contributed by atoms with Crippen molar-refractivity contribution < 1.29 is 9.53 Å². The third kappa shape index (κ3) is 4.78. The lowest BCUT2D eigenvalue weighted by atomic mass is 9.87. The highest BCUT2D eigenvalue weighted by molar-refractivity contribution is 9.10. The number of halogens is 1. The van der Waals surface area contributed by atoms with Crippen LogP contribution < -0.4 is 4.90 Å². The molecule has 3 nitrogen and oxygen atoms in total. The third-order valence-corrected chi connectivity index (χ3v) is 5.76. The number of aryl methyl sites for hydroxylation is 1. The SMILES string of the molecule is CC(C)CC1CCc2cc(Br)cc(C(C)C)c2N1C(=O)OCc1ccccc1. The van der Waals surface area contributed by atoms with Crippen LogP contribution in [0.2, 0.25) is 0 Å². The largest absolute Gasteiger partial charge is 0.444 e. The second-order valence-electron chi connectivity index (χ2n) is 8.39. The molecule has 0 fully saturated rings. The van der Waals surface area contributed by atoms with Gasteiger partial charge in [-0.3, -0.25) is 4.90 Å². The van der Waals surface area contributed by atoms with Gasteiger partial charge in [0.25, 0.3) is 0 Å². The Hall–Kier alpha value is -1.81. The average Bonchev–Trinajstić information content (AvgIpc) is 2.65. The van der Waals surface area contributed by atoms with Crippen LogP contribution in [0.4, 0.5) is 10.5 Å². The van der Waals surface area contributed by atoms with E-state index in [9.17, 15) is 4.79 Å². The van der Waals surface area contributed by atoms with E-state index >= 15 is 0 Å². The van der Waals surface area contributed by atoms with Gasteiger partial charge in [-0.2, -0.15) is 0 Å². The Balaban J connectivity index is 1.95. The quantitative estimate of drug-likeness (QED) is 0.493. The van der Waals surface area contributed by atoms with Crippen molar-refractivity contribution in [2.45, 2.75) is 65.5 Å². The van der Waals surface area contributed by atoms with E-state index in [4.69, 9.17) is 4.74 Å². The van der Waals surface area contributed by atoms with Gasteiger partial charge in [-0.15, -0.1) is 0 Å². The molecule has 0 N–H and O–H groups in total. The summed E-state index contributed by atoms with van der Waals surface area (Å²) in [6.07, 6.45) is 2.71. The molecule has 150 valence electrons. The van der Waals surface area contributed by atoms with Crippen LogP contribution in [0.1, 0.15) is 63.1 Å². The standard InChI is InChI=1S/C24H30BrNO2/c1-16(2)12-21-11-10-19-13-20(25)14-22(17(3)4)23(19)26(21)24(27)28-15-18-8-6-5-7-9-18/h5-9,13-14,16-17,21H,10-12,15H2,1-4H3. The van der Waals surface area contributed by atoms with Crippen molar-refractivity contribution >= 4 is 27.7 Å². The van der Waals surface area contributed by atoms with Crippen molar-refractivity contribution in [2.24, 2.45) is 5.92 Å². The van der Waals surface area contributed by atoms with E-state index in [1.807, 2.05) is 35.2 Å². The van der Waals surface area contributed by atoms with Crippen molar-refractivity contribution in [3.63, 3.8) is 0 Å². The van der Waals surface area contributed by atoms with Crippen molar-refractivity contribution in [2.75, 3.05) is 4.90 Å². The summed E-state index contributed by atoms with van der Waals surface area (Å²) < 4.78 is 6.86. The van der Waals surface area contributed by atoms with Gasteiger partial charge in [0, 0.05) is 10.5 Å². The second kappa shape index (κ2) is 9.13. The van der Waals surface area contributed by atoms with E-state index in [0.29, 0.717) is 18.4 Å². The molecule has 2 aromatic carbocycles. The van der Waals surface area contributed by atoms with Crippen molar-refractivity contribution in [3.05, 3.63) is 63.6 Å². The molecule has 1 aliphatic heterocycles. The van der Waals surface area contributed by atoms with Gasteiger partial charge in [-0.25, -0.2) is 4.79 Å². The Kier molecular flexibility index (Phi) is 6.82. The molecule has 1 aliphatic rings. The number of hydrogen-bond acceptors (Lipinski definition) is 2. The smallest absolute Gasteiger partial charge is 0.414 e. The predicted molar refractivity (Wildman–Crippen MR) is 119 cm³/mol. The molecule has 0 saturated carbocycles. The lowest BCUT2D eigenvalue weighted by Gasteiger charge is -2.39. The maximum absolute atomic E-state index is 13.3. The lowest BCUT2D eigenvalue weighted by Crippen LogP contribution is -2.45. The minimum absolute atomic E-state index is 0.175. The highest BCUT2D eigenvalue weighted by atomic mass is 79.9. The van der Waals surface area contributed by atoms with Crippen LogP contribution in [0.3, 0.4) is 0 Å². The monoisotopic (exact) mass is 443 g/mol. The Morgan fingerprint density at radius 2 is 1.89 bits per heavy atom. The number of hydrogen-bond donors (Lipinski definition) is 0. The Morgan fingerprint density at radius 3 is 2.54 bits per heavy atom. The zero-order chi connectivity index (χ0) is 20.3. The van der Waals surface area contributed by atoms with Gasteiger partial charge in [0.2, 0.25) is 0 Å². The zero-order valence-corrected chi connectivity index (χ0v) is 18.8. The summed E-state index contributed by atoms with van der Waals surface area (Å²) in [5.74, 6) is 0.849. The Morgan fingerprint density at radius 1 is 1.18 bits per heavy atom. The number of fused-ring (bicyclic) bond motifs is 1. The third-order valence-electron chi connectivity index (χ3n) is 5.30. The molecular weight excluding hydrogens is 414 g/mol. The number of amides is 1. The minimum atomic E-state index is -0.236. The average molecular weight is 444 g/mol. The molecule has 2 aromatic rings. The molecule has 28 heavy (non-hydrogen) atoms. The maximum atomic E-state index is 13.3. The minimum Gasteiger partial charge on any atom is -0.444 e. The second-order valence-corrected chi connectivity index (χ2v) is 9.31. The first-order chi connectivity index (χ1) is 13.4. The highest BCUT2D eigenvalue weighted by Gasteiger charge is 2.35. The summed E-state index contributed by atoms with van der Waals surface area (Å²) in [7, 11) is 0. The molecule has 1 amide bonds. The maximum Gasteiger partial charge on any atom is 0.414 e. The number of benzene rings is 2. The molecule has 0 aromatic heterocycles. The molecule has 0 bridgehead atoms. The van der Waals surface area contributed by atoms with Crippen LogP contribution in [0.5, 0.6) is 0 Å². The van der Waals surface area contributed by atoms with Gasteiger partial charge in [0.05, 0.1) is 5.69 Å². The molecule has 1 atom stereocenters. The molecule has 3 rings (SSSR count). The molecule has 1 unspecified atom stereocenters. The van der Waals surface area contributed by atoms with Crippen LogP contribution in [-0.2, 0) is 17.8 Å². The van der Waals surface area contributed by atoms with Crippen LogP contribution >= 0.6 is 15.9 Å². The summed E-state index contributed by atoms with van der Waals surface area (Å²) >= 11 is 3.65.